The number of rotatable bonds is 3. The normalized spacial score (nSPS) is 9.64. The Morgan fingerprint density at radius 3 is 2.18 bits per heavy atom. The summed E-state index contributed by atoms with van der Waals surface area (Å²) >= 11 is 0. The van der Waals surface area contributed by atoms with Crippen molar-refractivity contribution in [2.45, 2.75) is 0 Å². The fraction of sp³-hybridized carbons (Fsp3) is 0.250. The summed E-state index contributed by atoms with van der Waals surface area (Å²) in [5.74, 6) is -0.472. The standard InChI is InChI=1S/C8H11NO2/c1-4-7(10)5-6-8(11)9(2)3/h4-6H,1H2,2-3H3. The second kappa shape index (κ2) is 4.44. The molecule has 0 aliphatic rings. The molecule has 3 nitrogen and oxygen atoms in total. The minimum atomic E-state index is -0.264. The maximum atomic E-state index is 10.8. The van der Waals surface area contributed by atoms with E-state index in [-0.39, 0.29) is 11.7 Å². The maximum absolute atomic E-state index is 10.8. The summed E-state index contributed by atoms with van der Waals surface area (Å²) in [5.41, 5.74) is 0. The van der Waals surface area contributed by atoms with Gasteiger partial charge in [0.15, 0.2) is 5.78 Å². The van der Waals surface area contributed by atoms with E-state index in [1.807, 2.05) is 0 Å². The highest BCUT2D eigenvalue weighted by Gasteiger charge is 1.96. The summed E-state index contributed by atoms with van der Waals surface area (Å²) in [5, 5.41) is 0. The monoisotopic (exact) mass is 153 g/mol. The molecule has 0 radical (unpaired) electrons. The van der Waals surface area contributed by atoms with Crippen molar-refractivity contribution >= 4 is 11.7 Å². The van der Waals surface area contributed by atoms with E-state index in [0.29, 0.717) is 0 Å². The van der Waals surface area contributed by atoms with Gasteiger partial charge in [-0.15, -0.1) is 0 Å². The van der Waals surface area contributed by atoms with Crippen molar-refractivity contribution < 1.29 is 9.59 Å². The van der Waals surface area contributed by atoms with Crippen molar-refractivity contribution in [3.8, 4) is 0 Å². The van der Waals surface area contributed by atoms with Crippen LogP contribution >= 0.6 is 0 Å². The fourth-order valence-electron chi connectivity index (χ4n) is 0.371. The van der Waals surface area contributed by atoms with Crippen LogP contribution in [0.3, 0.4) is 0 Å². The van der Waals surface area contributed by atoms with E-state index in [1.54, 1.807) is 14.1 Å². The highest BCUT2D eigenvalue weighted by atomic mass is 16.2. The van der Waals surface area contributed by atoms with Crippen molar-refractivity contribution in [3.63, 3.8) is 0 Å². The van der Waals surface area contributed by atoms with Crippen LogP contribution in [0.2, 0.25) is 0 Å². The van der Waals surface area contributed by atoms with Gasteiger partial charge in [0, 0.05) is 20.2 Å². The van der Waals surface area contributed by atoms with Gasteiger partial charge in [-0.3, -0.25) is 9.59 Å². The van der Waals surface area contributed by atoms with Crippen molar-refractivity contribution in [3.05, 3.63) is 24.8 Å². The molecule has 0 fully saturated rings. The van der Waals surface area contributed by atoms with Crippen LogP contribution < -0.4 is 0 Å². The van der Waals surface area contributed by atoms with E-state index in [2.05, 4.69) is 6.58 Å². The summed E-state index contributed by atoms with van der Waals surface area (Å²) in [6, 6.07) is 0. The van der Waals surface area contributed by atoms with Crippen LogP contribution in [0.4, 0.5) is 0 Å². The molecule has 3 heteroatoms. The number of hydrogen-bond acceptors (Lipinski definition) is 2. The van der Waals surface area contributed by atoms with Gasteiger partial charge in [-0.2, -0.15) is 0 Å². The van der Waals surface area contributed by atoms with E-state index >= 15 is 0 Å². The lowest BCUT2D eigenvalue weighted by Crippen LogP contribution is -2.19. The van der Waals surface area contributed by atoms with Gasteiger partial charge in [0.2, 0.25) is 5.91 Å². The van der Waals surface area contributed by atoms with Crippen LogP contribution in [0.1, 0.15) is 0 Å². The zero-order chi connectivity index (χ0) is 8.85. The number of likely N-dealkylation sites (N-methyl/N-ethyl adjacent to an activating group) is 1. The van der Waals surface area contributed by atoms with Crippen LogP contribution in [0.5, 0.6) is 0 Å². The predicted octanol–water partition coefficient (Wildman–Crippen LogP) is 0.386. The zero-order valence-corrected chi connectivity index (χ0v) is 6.70. The van der Waals surface area contributed by atoms with Gasteiger partial charge >= 0.3 is 0 Å². The Bertz CT molecular complexity index is 204. The molecule has 0 bridgehead atoms. The molecular weight excluding hydrogens is 142 g/mol. The molecule has 0 saturated carbocycles. The molecule has 0 aliphatic carbocycles. The third kappa shape index (κ3) is 4.08. The third-order valence-corrected chi connectivity index (χ3v) is 1.03. The maximum Gasteiger partial charge on any atom is 0.246 e. The number of allylic oxidation sites excluding steroid dienone is 2. The lowest BCUT2D eigenvalue weighted by Gasteiger charge is -2.04. The van der Waals surface area contributed by atoms with Crippen molar-refractivity contribution in [1.82, 2.24) is 4.90 Å². The molecule has 0 saturated heterocycles. The van der Waals surface area contributed by atoms with Gasteiger partial charge in [-0.25, -0.2) is 0 Å². The second-order valence-corrected chi connectivity index (χ2v) is 2.17. The summed E-state index contributed by atoms with van der Waals surface area (Å²) in [4.78, 5) is 22.8. The Balaban J connectivity index is 4.03. The molecule has 1 amide bonds. The molecule has 0 aromatic carbocycles. The first kappa shape index (κ1) is 9.62. The number of nitrogens with zero attached hydrogens (tertiary/aromatic N) is 1. The third-order valence-electron chi connectivity index (χ3n) is 1.03. The van der Waals surface area contributed by atoms with E-state index < -0.39 is 0 Å². The summed E-state index contributed by atoms with van der Waals surface area (Å²) < 4.78 is 0. The van der Waals surface area contributed by atoms with Crippen molar-refractivity contribution in [1.29, 1.82) is 0 Å². The zero-order valence-electron chi connectivity index (χ0n) is 6.70. The highest BCUT2D eigenvalue weighted by molar-refractivity contribution is 6.03. The first-order valence-corrected chi connectivity index (χ1v) is 3.13. The first-order valence-electron chi connectivity index (χ1n) is 3.13. The van der Waals surface area contributed by atoms with Crippen LogP contribution in [-0.4, -0.2) is 30.7 Å². The lowest BCUT2D eigenvalue weighted by atomic mass is 10.3. The van der Waals surface area contributed by atoms with Crippen molar-refractivity contribution in [2.75, 3.05) is 14.1 Å². The molecule has 0 spiro atoms. The number of carbonyl (C=O) groups excluding carboxylic acids is 2. The Kier molecular flexibility index (Phi) is 3.88. The second-order valence-electron chi connectivity index (χ2n) is 2.17. The fourth-order valence-corrected chi connectivity index (χ4v) is 0.371. The Morgan fingerprint density at radius 2 is 1.82 bits per heavy atom. The number of carbonyl (C=O) groups is 2. The van der Waals surface area contributed by atoms with Gasteiger partial charge in [0.05, 0.1) is 0 Å². The molecular formula is C8H11NO2. The van der Waals surface area contributed by atoms with E-state index in [1.165, 1.54) is 17.1 Å². The summed E-state index contributed by atoms with van der Waals surface area (Å²) in [6.45, 7) is 3.26. The highest BCUT2D eigenvalue weighted by Crippen LogP contribution is 1.83. The molecule has 0 aliphatic heterocycles. The number of hydrogen-bond donors (Lipinski definition) is 0. The topological polar surface area (TPSA) is 37.4 Å². The van der Waals surface area contributed by atoms with Gasteiger partial charge in [-0.05, 0) is 12.2 Å². The molecule has 0 heterocycles. The average Bonchev–Trinajstić information content (AvgIpc) is 1.99. The Morgan fingerprint density at radius 1 is 1.27 bits per heavy atom. The molecule has 0 aromatic heterocycles. The molecule has 60 valence electrons. The minimum Gasteiger partial charge on any atom is -0.345 e. The average molecular weight is 153 g/mol. The summed E-state index contributed by atoms with van der Waals surface area (Å²) in [7, 11) is 3.23. The van der Waals surface area contributed by atoms with E-state index in [9.17, 15) is 9.59 Å². The molecule has 0 aromatic rings. The van der Waals surface area contributed by atoms with Crippen LogP contribution in [0.15, 0.2) is 24.8 Å². The SMILES string of the molecule is C=CC(=O)C=CC(=O)N(C)C. The largest absolute Gasteiger partial charge is 0.345 e. The quantitative estimate of drug-likeness (QED) is 0.550. The lowest BCUT2D eigenvalue weighted by molar-refractivity contribution is -0.123. The van der Waals surface area contributed by atoms with Gasteiger partial charge in [0.25, 0.3) is 0 Å². The van der Waals surface area contributed by atoms with Gasteiger partial charge in [0.1, 0.15) is 0 Å². The number of amides is 1. The van der Waals surface area contributed by atoms with Crippen LogP contribution in [0.25, 0.3) is 0 Å². The number of ketones is 1. The summed E-state index contributed by atoms with van der Waals surface area (Å²) in [6.07, 6.45) is 3.55. The predicted molar refractivity (Wildman–Crippen MR) is 43.0 cm³/mol. The Labute approximate surface area is 66.0 Å². The smallest absolute Gasteiger partial charge is 0.246 e. The van der Waals surface area contributed by atoms with E-state index in [4.69, 9.17) is 0 Å². The molecule has 0 atom stereocenters. The first-order chi connectivity index (χ1) is 5.07. The molecule has 0 unspecified atom stereocenters. The molecule has 0 N–H and O–H groups in total. The van der Waals surface area contributed by atoms with Crippen LogP contribution in [-0.2, 0) is 9.59 Å². The molecule has 0 rings (SSSR count). The Hall–Kier alpha value is -1.38. The van der Waals surface area contributed by atoms with Gasteiger partial charge < -0.3 is 4.90 Å². The van der Waals surface area contributed by atoms with Crippen LogP contribution in [0, 0.1) is 0 Å². The van der Waals surface area contributed by atoms with Gasteiger partial charge in [-0.1, -0.05) is 6.58 Å². The van der Waals surface area contributed by atoms with Crippen molar-refractivity contribution in [2.24, 2.45) is 0 Å². The molecule has 11 heavy (non-hydrogen) atoms. The van der Waals surface area contributed by atoms with E-state index in [0.717, 1.165) is 6.08 Å². The minimum absolute atomic E-state index is 0.208.